The largest absolute Gasteiger partial charge is 0.294 e. The van der Waals surface area contributed by atoms with Crippen LogP contribution in [0.2, 0.25) is 0 Å². The molecule has 0 heterocycles. The Balaban J connectivity index is 2.06. The van der Waals surface area contributed by atoms with Crippen LogP contribution >= 0.6 is 11.8 Å². The van der Waals surface area contributed by atoms with Crippen LogP contribution in [0.5, 0.6) is 0 Å². The van der Waals surface area contributed by atoms with Crippen LogP contribution in [0, 0.1) is 0 Å². The molecule has 96 valence electrons. The number of ketones is 2. The second-order valence-corrected chi connectivity index (χ2v) is 5.00. The Morgan fingerprint density at radius 3 is 1.89 bits per heavy atom. The van der Waals surface area contributed by atoms with Gasteiger partial charge in [0.2, 0.25) is 0 Å². The van der Waals surface area contributed by atoms with Gasteiger partial charge in [0, 0.05) is 16.0 Å². The Kier molecular flexibility index (Phi) is 4.53. The van der Waals surface area contributed by atoms with Crippen molar-refractivity contribution in [3.63, 3.8) is 0 Å². The minimum Gasteiger partial charge on any atom is -0.294 e. The summed E-state index contributed by atoms with van der Waals surface area (Å²) in [6.07, 6.45) is 1.90. The molecule has 0 saturated carbocycles. The fraction of sp³-hybridized carbons (Fsp3) is 0.125. The fourth-order valence-corrected chi connectivity index (χ4v) is 2.16. The van der Waals surface area contributed by atoms with Crippen LogP contribution in [-0.2, 0) is 0 Å². The van der Waals surface area contributed by atoms with Gasteiger partial charge in [0.1, 0.15) is 0 Å². The van der Waals surface area contributed by atoms with Gasteiger partial charge in [0.15, 0.2) is 11.6 Å². The molecule has 0 atom stereocenters. The molecule has 0 unspecified atom stereocenters. The number of carbonyl (C=O) groups is 2. The molecular formula is C16H14O2S. The van der Waals surface area contributed by atoms with Crippen molar-refractivity contribution in [3.8, 4) is 0 Å². The number of benzene rings is 2. The van der Waals surface area contributed by atoms with Crippen molar-refractivity contribution in [2.24, 2.45) is 0 Å². The van der Waals surface area contributed by atoms with Crippen molar-refractivity contribution >= 4 is 23.3 Å². The highest BCUT2D eigenvalue weighted by molar-refractivity contribution is 7.98. The van der Waals surface area contributed by atoms with E-state index in [4.69, 9.17) is 0 Å². The zero-order chi connectivity index (χ0) is 13.7. The maximum Gasteiger partial charge on any atom is 0.170 e. The summed E-state index contributed by atoms with van der Waals surface area (Å²) < 4.78 is 0. The highest BCUT2D eigenvalue weighted by Crippen LogP contribution is 2.16. The van der Waals surface area contributed by atoms with E-state index in [2.05, 4.69) is 0 Å². The number of thioether (sulfide) groups is 1. The third kappa shape index (κ3) is 3.55. The molecule has 0 saturated heterocycles. The molecule has 0 radical (unpaired) electrons. The lowest BCUT2D eigenvalue weighted by atomic mass is 10.0. The summed E-state index contributed by atoms with van der Waals surface area (Å²) in [5.41, 5.74) is 1.17. The second kappa shape index (κ2) is 6.34. The van der Waals surface area contributed by atoms with Crippen molar-refractivity contribution < 1.29 is 9.59 Å². The zero-order valence-corrected chi connectivity index (χ0v) is 11.4. The number of Topliss-reactive ketones (excluding diaryl/α,β-unsaturated/α-hetero) is 2. The highest BCUT2D eigenvalue weighted by Gasteiger charge is 2.13. The van der Waals surface area contributed by atoms with Crippen molar-refractivity contribution in [3.05, 3.63) is 65.7 Å². The number of carbonyl (C=O) groups excluding carboxylic acids is 2. The molecule has 2 aromatic carbocycles. The molecule has 0 aromatic heterocycles. The van der Waals surface area contributed by atoms with Gasteiger partial charge in [-0.05, 0) is 18.4 Å². The molecule has 0 amide bonds. The Morgan fingerprint density at radius 1 is 0.842 bits per heavy atom. The monoisotopic (exact) mass is 270 g/mol. The van der Waals surface area contributed by atoms with Crippen LogP contribution in [0.3, 0.4) is 0 Å². The maximum absolute atomic E-state index is 12.0. The van der Waals surface area contributed by atoms with Crippen LogP contribution in [0.4, 0.5) is 0 Å². The Morgan fingerprint density at radius 2 is 1.37 bits per heavy atom. The molecule has 0 fully saturated rings. The maximum atomic E-state index is 12.0. The summed E-state index contributed by atoms with van der Waals surface area (Å²) in [6, 6.07) is 16.2. The van der Waals surface area contributed by atoms with E-state index < -0.39 is 0 Å². The molecule has 3 heteroatoms. The summed E-state index contributed by atoms with van der Waals surface area (Å²) in [6.45, 7) is 0. The van der Waals surface area contributed by atoms with E-state index in [0.29, 0.717) is 11.1 Å². The third-order valence-corrected chi connectivity index (χ3v) is 3.57. The summed E-state index contributed by atoms with van der Waals surface area (Å²) in [5.74, 6) is -0.277. The zero-order valence-electron chi connectivity index (χ0n) is 10.6. The first-order valence-electron chi connectivity index (χ1n) is 5.96. The predicted octanol–water partition coefficient (Wildman–Crippen LogP) is 3.86. The average molecular weight is 270 g/mol. The van der Waals surface area contributed by atoms with E-state index in [1.54, 1.807) is 48.2 Å². The predicted molar refractivity (Wildman–Crippen MR) is 77.9 cm³/mol. The van der Waals surface area contributed by atoms with Crippen LogP contribution in [0.1, 0.15) is 27.1 Å². The molecule has 19 heavy (non-hydrogen) atoms. The van der Waals surface area contributed by atoms with Crippen molar-refractivity contribution in [1.82, 2.24) is 0 Å². The van der Waals surface area contributed by atoms with Gasteiger partial charge in [-0.15, -0.1) is 11.8 Å². The van der Waals surface area contributed by atoms with E-state index in [0.717, 1.165) is 4.90 Å². The van der Waals surface area contributed by atoms with Gasteiger partial charge in [0.25, 0.3) is 0 Å². The van der Waals surface area contributed by atoms with Gasteiger partial charge < -0.3 is 0 Å². The molecule has 2 aromatic rings. The lowest BCUT2D eigenvalue weighted by Gasteiger charge is -2.02. The third-order valence-electron chi connectivity index (χ3n) is 2.83. The summed E-state index contributed by atoms with van der Waals surface area (Å²) in [7, 11) is 0. The van der Waals surface area contributed by atoms with Gasteiger partial charge >= 0.3 is 0 Å². The number of rotatable bonds is 5. The van der Waals surface area contributed by atoms with E-state index in [-0.39, 0.29) is 18.0 Å². The van der Waals surface area contributed by atoms with Crippen LogP contribution in [-0.4, -0.2) is 17.8 Å². The number of hydrogen-bond donors (Lipinski definition) is 0. The van der Waals surface area contributed by atoms with E-state index in [1.165, 1.54) is 0 Å². The summed E-state index contributed by atoms with van der Waals surface area (Å²) >= 11 is 1.62. The van der Waals surface area contributed by atoms with E-state index >= 15 is 0 Å². The molecule has 0 aliphatic heterocycles. The minimum atomic E-state index is -0.139. The first kappa shape index (κ1) is 13.6. The quantitative estimate of drug-likeness (QED) is 0.470. The molecule has 2 nitrogen and oxygen atoms in total. The Labute approximate surface area is 116 Å². The normalized spacial score (nSPS) is 10.2. The van der Waals surface area contributed by atoms with Crippen LogP contribution in [0.25, 0.3) is 0 Å². The second-order valence-electron chi connectivity index (χ2n) is 4.12. The van der Waals surface area contributed by atoms with Gasteiger partial charge in [-0.2, -0.15) is 0 Å². The van der Waals surface area contributed by atoms with Crippen molar-refractivity contribution in [2.75, 3.05) is 6.26 Å². The smallest absolute Gasteiger partial charge is 0.170 e. The molecule has 0 aliphatic rings. The Bertz CT molecular complexity index is 573. The summed E-state index contributed by atoms with van der Waals surface area (Å²) in [5, 5.41) is 0. The van der Waals surface area contributed by atoms with Crippen LogP contribution in [0.15, 0.2) is 59.5 Å². The van der Waals surface area contributed by atoms with Crippen molar-refractivity contribution in [1.29, 1.82) is 0 Å². The molecule has 0 N–H and O–H groups in total. The SMILES string of the molecule is CSc1ccc(C(=O)CC(=O)c2ccccc2)cc1. The topological polar surface area (TPSA) is 34.1 Å². The molecule has 0 bridgehead atoms. The van der Waals surface area contributed by atoms with Gasteiger partial charge in [0.05, 0.1) is 6.42 Å². The lowest BCUT2D eigenvalue weighted by Crippen LogP contribution is -2.08. The molecule has 0 aliphatic carbocycles. The average Bonchev–Trinajstić information content (AvgIpc) is 2.48. The summed E-state index contributed by atoms with van der Waals surface area (Å²) in [4.78, 5) is 25.0. The first-order chi connectivity index (χ1) is 9.20. The van der Waals surface area contributed by atoms with E-state index in [9.17, 15) is 9.59 Å². The standard InChI is InChI=1S/C16H14O2S/c1-19-14-9-7-13(8-10-14)16(18)11-15(17)12-5-3-2-4-6-12/h2-10H,11H2,1H3. The van der Waals surface area contributed by atoms with Crippen LogP contribution < -0.4 is 0 Å². The molecule has 2 rings (SSSR count). The Hall–Kier alpha value is -1.87. The lowest BCUT2D eigenvalue weighted by molar-refractivity contribution is 0.0894. The van der Waals surface area contributed by atoms with Crippen molar-refractivity contribution in [2.45, 2.75) is 11.3 Å². The minimum absolute atomic E-state index is 0.0807. The van der Waals surface area contributed by atoms with Gasteiger partial charge in [-0.3, -0.25) is 9.59 Å². The first-order valence-corrected chi connectivity index (χ1v) is 7.18. The van der Waals surface area contributed by atoms with Gasteiger partial charge in [-0.1, -0.05) is 42.5 Å². The van der Waals surface area contributed by atoms with Gasteiger partial charge in [-0.25, -0.2) is 0 Å². The highest BCUT2D eigenvalue weighted by atomic mass is 32.2. The van der Waals surface area contributed by atoms with E-state index in [1.807, 2.05) is 24.5 Å². The molecule has 0 spiro atoms. The molecular weight excluding hydrogens is 256 g/mol. The fourth-order valence-electron chi connectivity index (χ4n) is 1.75. The number of hydrogen-bond acceptors (Lipinski definition) is 3.